The zero-order chi connectivity index (χ0) is 15.3. The largest absolute Gasteiger partial charge is 0.312 e. The van der Waals surface area contributed by atoms with E-state index in [9.17, 15) is 8.42 Å². The number of hydrogen-bond donors (Lipinski definition) is 2. The molecule has 2 aromatic heterocycles. The second kappa shape index (κ2) is 7.13. The zero-order valence-electron chi connectivity index (χ0n) is 12.1. The number of rotatable bonds is 7. The molecule has 0 saturated carbocycles. The molecule has 0 amide bonds. The summed E-state index contributed by atoms with van der Waals surface area (Å²) < 4.78 is 27.4. The van der Waals surface area contributed by atoms with E-state index < -0.39 is 10.0 Å². The highest BCUT2D eigenvalue weighted by atomic mass is 32.2. The van der Waals surface area contributed by atoms with Crippen LogP contribution in [0.15, 0.2) is 34.7 Å². The minimum absolute atomic E-state index is 0.204. The zero-order valence-corrected chi connectivity index (χ0v) is 13.7. The SMILES string of the molecule is CCNCc1ccc(S(=O)(=O)NCc2ncccc2C)s1. The molecular weight excluding hydrogens is 306 g/mol. The Kier molecular flexibility index (Phi) is 5.46. The second-order valence-electron chi connectivity index (χ2n) is 4.59. The minimum Gasteiger partial charge on any atom is -0.312 e. The van der Waals surface area contributed by atoms with Crippen LogP contribution in [0.4, 0.5) is 0 Å². The Bertz CT molecular complexity index is 696. The van der Waals surface area contributed by atoms with Crippen molar-refractivity contribution in [2.75, 3.05) is 6.54 Å². The molecule has 0 radical (unpaired) electrons. The molecule has 0 aliphatic carbocycles. The van der Waals surface area contributed by atoms with Gasteiger partial charge in [-0.25, -0.2) is 13.1 Å². The van der Waals surface area contributed by atoms with E-state index >= 15 is 0 Å². The van der Waals surface area contributed by atoms with Crippen molar-refractivity contribution in [3.63, 3.8) is 0 Å². The molecule has 2 N–H and O–H groups in total. The van der Waals surface area contributed by atoms with Gasteiger partial charge in [0, 0.05) is 17.6 Å². The first kappa shape index (κ1) is 16.1. The van der Waals surface area contributed by atoms with Crippen LogP contribution in [0.3, 0.4) is 0 Å². The molecule has 0 saturated heterocycles. The van der Waals surface area contributed by atoms with Crippen LogP contribution in [0.2, 0.25) is 0 Å². The molecule has 0 spiro atoms. The van der Waals surface area contributed by atoms with Crippen molar-refractivity contribution in [3.05, 3.63) is 46.6 Å². The molecular formula is C14H19N3O2S2. The van der Waals surface area contributed by atoms with Gasteiger partial charge < -0.3 is 5.32 Å². The van der Waals surface area contributed by atoms with Crippen LogP contribution in [0.1, 0.15) is 23.1 Å². The smallest absolute Gasteiger partial charge is 0.250 e. The van der Waals surface area contributed by atoms with Gasteiger partial charge in [0.1, 0.15) is 4.21 Å². The van der Waals surface area contributed by atoms with Crippen molar-refractivity contribution in [1.82, 2.24) is 15.0 Å². The second-order valence-corrected chi connectivity index (χ2v) is 7.75. The molecule has 0 fully saturated rings. The quantitative estimate of drug-likeness (QED) is 0.817. The Morgan fingerprint density at radius 1 is 1.24 bits per heavy atom. The lowest BCUT2D eigenvalue weighted by Gasteiger charge is -2.06. The van der Waals surface area contributed by atoms with E-state index in [1.165, 1.54) is 11.3 Å². The van der Waals surface area contributed by atoms with Crippen LogP contribution in [0.25, 0.3) is 0 Å². The molecule has 0 bridgehead atoms. The highest BCUT2D eigenvalue weighted by Gasteiger charge is 2.17. The number of aryl methyl sites for hydroxylation is 1. The van der Waals surface area contributed by atoms with Gasteiger partial charge in [-0.15, -0.1) is 11.3 Å². The van der Waals surface area contributed by atoms with E-state index in [1.807, 2.05) is 32.0 Å². The summed E-state index contributed by atoms with van der Waals surface area (Å²) in [6, 6.07) is 7.23. The number of nitrogens with one attached hydrogen (secondary N) is 2. The van der Waals surface area contributed by atoms with Gasteiger partial charge in [-0.05, 0) is 37.2 Å². The molecule has 0 atom stereocenters. The first-order valence-electron chi connectivity index (χ1n) is 6.72. The molecule has 7 heteroatoms. The Hall–Kier alpha value is -1.28. The van der Waals surface area contributed by atoms with Crippen LogP contribution in [0, 0.1) is 6.92 Å². The van der Waals surface area contributed by atoms with Gasteiger partial charge >= 0.3 is 0 Å². The molecule has 21 heavy (non-hydrogen) atoms. The van der Waals surface area contributed by atoms with E-state index in [0.717, 1.165) is 22.7 Å². The Morgan fingerprint density at radius 2 is 2.05 bits per heavy atom. The fraction of sp³-hybridized carbons (Fsp3) is 0.357. The van der Waals surface area contributed by atoms with Gasteiger partial charge in [-0.1, -0.05) is 13.0 Å². The minimum atomic E-state index is -3.48. The van der Waals surface area contributed by atoms with Gasteiger partial charge in [0.25, 0.3) is 0 Å². The summed E-state index contributed by atoms with van der Waals surface area (Å²) in [5.41, 5.74) is 1.71. The van der Waals surface area contributed by atoms with Crippen LogP contribution in [-0.4, -0.2) is 19.9 Å². The molecule has 114 valence electrons. The fourth-order valence-electron chi connectivity index (χ4n) is 1.78. The lowest BCUT2D eigenvalue weighted by Crippen LogP contribution is -2.23. The Morgan fingerprint density at radius 3 is 2.76 bits per heavy atom. The number of thiophene rings is 1. The van der Waals surface area contributed by atoms with Crippen molar-refractivity contribution in [1.29, 1.82) is 0 Å². The first-order valence-corrected chi connectivity index (χ1v) is 9.02. The van der Waals surface area contributed by atoms with Crippen molar-refractivity contribution in [3.8, 4) is 0 Å². The highest BCUT2D eigenvalue weighted by Crippen LogP contribution is 2.21. The van der Waals surface area contributed by atoms with Crippen molar-refractivity contribution in [2.45, 2.75) is 31.1 Å². The summed E-state index contributed by atoms with van der Waals surface area (Å²) in [7, 11) is -3.48. The molecule has 5 nitrogen and oxygen atoms in total. The molecule has 0 unspecified atom stereocenters. The van der Waals surface area contributed by atoms with Crippen LogP contribution >= 0.6 is 11.3 Å². The number of nitrogens with zero attached hydrogens (tertiary/aromatic N) is 1. The number of pyridine rings is 1. The maximum Gasteiger partial charge on any atom is 0.250 e. The summed E-state index contributed by atoms with van der Waals surface area (Å²) in [5, 5.41) is 3.18. The lowest BCUT2D eigenvalue weighted by molar-refractivity contribution is 0.582. The maximum absolute atomic E-state index is 12.3. The molecule has 0 aromatic carbocycles. The molecule has 2 aromatic rings. The maximum atomic E-state index is 12.3. The molecule has 0 aliphatic heterocycles. The summed E-state index contributed by atoms with van der Waals surface area (Å²) in [6.45, 7) is 5.68. The molecule has 2 heterocycles. The third-order valence-electron chi connectivity index (χ3n) is 3.00. The normalized spacial score (nSPS) is 11.7. The van der Waals surface area contributed by atoms with E-state index in [2.05, 4.69) is 15.0 Å². The van der Waals surface area contributed by atoms with Crippen LogP contribution in [-0.2, 0) is 23.1 Å². The summed E-state index contributed by atoms with van der Waals surface area (Å²) in [6.07, 6.45) is 1.66. The Labute approximate surface area is 129 Å². The predicted octanol–water partition coefficient (Wildman–Crippen LogP) is 2.04. The number of aromatic nitrogens is 1. The van der Waals surface area contributed by atoms with E-state index in [1.54, 1.807) is 12.3 Å². The van der Waals surface area contributed by atoms with Crippen LogP contribution < -0.4 is 10.0 Å². The monoisotopic (exact) mass is 325 g/mol. The van der Waals surface area contributed by atoms with Gasteiger partial charge in [-0.3, -0.25) is 4.98 Å². The van der Waals surface area contributed by atoms with E-state index in [4.69, 9.17) is 0 Å². The van der Waals surface area contributed by atoms with Crippen molar-refractivity contribution >= 4 is 21.4 Å². The fourth-order valence-corrected chi connectivity index (χ4v) is 4.14. The van der Waals surface area contributed by atoms with E-state index in [-0.39, 0.29) is 6.54 Å². The van der Waals surface area contributed by atoms with Crippen molar-refractivity contribution in [2.24, 2.45) is 0 Å². The average Bonchev–Trinajstić information content (AvgIpc) is 2.94. The summed E-state index contributed by atoms with van der Waals surface area (Å²) in [4.78, 5) is 5.19. The third kappa shape index (κ3) is 4.34. The third-order valence-corrected chi connectivity index (χ3v) is 5.98. The predicted molar refractivity (Wildman–Crippen MR) is 84.7 cm³/mol. The van der Waals surface area contributed by atoms with Gasteiger partial charge in [0.05, 0.1) is 12.2 Å². The van der Waals surface area contributed by atoms with Crippen LogP contribution in [0.5, 0.6) is 0 Å². The lowest BCUT2D eigenvalue weighted by atomic mass is 10.2. The number of hydrogen-bond acceptors (Lipinski definition) is 5. The number of sulfonamides is 1. The average molecular weight is 325 g/mol. The highest BCUT2D eigenvalue weighted by molar-refractivity contribution is 7.91. The molecule has 0 aliphatic rings. The van der Waals surface area contributed by atoms with Crippen molar-refractivity contribution < 1.29 is 8.42 Å². The van der Waals surface area contributed by atoms with Gasteiger partial charge in [0.15, 0.2) is 0 Å². The van der Waals surface area contributed by atoms with E-state index in [0.29, 0.717) is 10.8 Å². The summed E-state index contributed by atoms with van der Waals surface area (Å²) in [5.74, 6) is 0. The summed E-state index contributed by atoms with van der Waals surface area (Å²) >= 11 is 1.29. The topological polar surface area (TPSA) is 71.1 Å². The van der Waals surface area contributed by atoms with Gasteiger partial charge in [0.2, 0.25) is 10.0 Å². The molecule has 2 rings (SSSR count). The first-order chi connectivity index (χ1) is 10.0. The van der Waals surface area contributed by atoms with Gasteiger partial charge in [-0.2, -0.15) is 0 Å². The standard InChI is InChI=1S/C14H19N3O2S2/c1-3-15-9-12-6-7-14(20-12)21(18,19)17-10-13-11(2)5-4-8-16-13/h4-8,15,17H,3,9-10H2,1-2H3. The Balaban J connectivity index is 2.05.